The number of fused-ring (bicyclic) bond motifs is 1. The molecule has 0 amide bonds. The summed E-state index contributed by atoms with van der Waals surface area (Å²) in [4.78, 5) is 24.2. The van der Waals surface area contributed by atoms with E-state index in [0.29, 0.717) is 18.9 Å². The Morgan fingerprint density at radius 2 is 2.00 bits per heavy atom. The summed E-state index contributed by atoms with van der Waals surface area (Å²) in [6.07, 6.45) is -0.604. The molecule has 33 heavy (non-hydrogen) atoms. The second-order valence-electron chi connectivity index (χ2n) is 8.01. The maximum atomic E-state index is 13.6. The largest absolute Gasteiger partial charge is 0.418 e. The predicted octanol–water partition coefficient (Wildman–Crippen LogP) is 2.83. The molecule has 170 valence electrons. The Morgan fingerprint density at radius 3 is 2.61 bits per heavy atom. The normalized spacial score (nSPS) is 15.5. The van der Waals surface area contributed by atoms with E-state index in [1.165, 1.54) is 0 Å². The molecule has 4 heterocycles. The summed E-state index contributed by atoms with van der Waals surface area (Å²) < 4.78 is 50.0. The lowest BCUT2D eigenvalue weighted by Gasteiger charge is -2.33. The highest BCUT2D eigenvalue weighted by molar-refractivity contribution is 5.76. The Morgan fingerprint density at radius 1 is 1.21 bits per heavy atom. The molecular weight excluding hydrogens is 439 g/mol. The third-order valence-electron chi connectivity index (χ3n) is 5.90. The molecule has 0 unspecified atom stereocenters. The standard InChI is InChI=1S/C22H18F3N5O3/c1-28-12-26-27-20(28)19(15-10-33-11-15)14-3-2-4-16(6-14)29-8-18-17(22(23,24)25)5-13(9-31)7-30(18)21(29)32/h2-9,12,15,19H,10-11H2,1H3/t19-/m0/s1. The van der Waals surface area contributed by atoms with Crippen molar-refractivity contribution in [2.24, 2.45) is 13.0 Å². The summed E-state index contributed by atoms with van der Waals surface area (Å²) in [5.74, 6) is 0.719. The molecule has 4 aromatic rings. The number of nitrogens with zero attached hydrogens (tertiary/aromatic N) is 5. The molecule has 0 spiro atoms. The first-order valence-corrected chi connectivity index (χ1v) is 10.1. The van der Waals surface area contributed by atoms with Gasteiger partial charge in [0.1, 0.15) is 12.2 Å². The van der Waals surface area contributed by atoms with Crippen LogP contribution in [-0.4, -0.2) is 43.2 Å². The molecule has 1 aliphatic heterocycles. The molecule has 1 aliphatic rings. The second kappa shape index (κ2) is 7.69. The molecule has 11 heteroatoms. The van der Waals surface area contributed by atoms with Crippen LogP contribution in [0.15, 0.2) is 53.8 Å². The first-order chi connectivity index (χ1) is 15.8. The minimum absolute atomic E-state index is 0.153. The van der Waals surface area contributed by atoms with E-state index in [0.717, 1.165) is 38.8 Å². The van der Waals surface area contributed by atoms with E-state index in [4.69, 9.17) is 4.74 Å². The summed E-state index contributed by atoms with van der Waals surface area (Å²) in [7, 11) is 1.83. The number of aromatic nitrogens is 5. The molecule has 1 fully saturated rings. The third-order valence-corrected chi connectivity index (χ3v) is 5.90. The quantitative estimate of drug-likeness (QED) is 0.431. The first kappa shape index (κ1) is 21.1. The van der Waals surface area contributed by atoms with Crippen molar-refractivity contribution in [3.05, 3.63) is 82.1 Å². The van der Waals surface area contributed by atoms with E-state index >= 15 is 0 Å². The van der Waals surface area contributed by atoms with Gasteiger partial charge >= 0.3 is 11.9 Å². The Hall–Kier alpha value is -3.73. The maximum Gasteiger partial charge on any atom is 0.418 e. The summed E-state index contributed by atoms with van der Waals surface area (Å²) in [5.41, 5.74) is -1.10. The smallest absolute Gasteiger partial charge is 0.381 e. The van der Waals surface area contributed by atoms with Crippen LogP contribution in [0.1, 0.15) is 33.2 Å². The molecule has 8 nitrogen and oxygen atoms in total. The van der Waals surface area contributed by atoms with Crippen LogP contribution >= 0.6 is 0 Å². The van der Waals surface area contributed by atoms with Crippen molar-refractivity contribution in [2.45, 2.75) is 12.1 Å². The van der Waals surface area contributed by atoms with E-state index in [2.05, 4.69) is 10.2 Å². The monoisotopic (exact) mass is 457 g/mol. The van der Waals surface area contributed by atoms with Crippen LogP contribution < -0.4 is 5.69 Å². The summed E-state index contributed by atoms with van der Waals surface area (Å²) in [5, 5.41) is 8.19. The number of pyridine rings is 1. The minimum Gasteiger partial charge on any atom is -0.381 e. The summed E-state index contributed by atoms with van der Waals surface area (Å²) in [6, 6.07) is 7.76. The average Bonchev–Trinajstić information content (AvgIpc) is 3.32. The van der Waals surface area contributed by atoms with Gasteiger partial charge in [0.25, 0.3) is 0 Å². The van der Waals surface area contributed by atoms with Crippen molar-refractivity contribution in [3.8, 4) is 5.69 Å². The highest BCUT2D eigenvalue weighted by Gasteiger charge is 2.35. The highest BCUT2D eigenvalue weighted by atomic mass is 19.4. The van der Waals surface area contributed by atoms with Crippen molar-refractivity contribution >= 4 is 11.8 Å². The van der Waals surface area contributed by atoms with Gasteiger partial charge in [-0.05, 0) is 23.8 Å². The van der Waals surface area contributed by atoms with Gasteiger partial charge in [0.05, 0.1) is 35.9 Å². The molecule has 0 N–H and O–H groups in total. The van der Waals surface area contributed by atoms with Crippen molar-refractivity contribution in [1.82, 2.24) is 23.7 Å². The van der Waals surface area contributed by atoms with Gasteiger partial charge in [0, 0.05) is 30.9 Å². The molecule has 1 aromatic carbocycles. The van der Waals surface area contributed by atoms with Gasteiger partial charge in [0.15, 0.2) is 6.29 Å². The summed E-state index contributed by atoms with van der Waals surface area (Å²) >= 11 is 0. The molecule has 1 atom stereocenters. The zero-order chi connectivity index (χ0) is 23.3. The van der Waals surface area contributed by atoms with E-state index in [9.17, 15) is 22.8 Å². The van der Waals surface area contributed by atoms with E-state index in [1.54, 1.807) is 24.5 Å². The Labute approximate surface area is 184 Å². The number of carbonyl (C=O) groups excluding carboxylic acids is 1. The predicted molar refractivity (Wildman–Crippen MR) is 111 cm³/mol. The molecule has 3 aromatic heterocycles. The molecule has 1 saturated heterocycles. The van der Waals surface area contributed by atoms with Crippen molar-refractivity contribution in [2.75, 3.05) is 13.2 Å². The molecule has 0 aliphatic carbocycles. The van der Waals surface area contributed by atoms with Gasteiger partial charge in [-0.3, -0.25) is 13.8 Å². The average molecular weight is 457 g/mol. The van der Waals surface area contributed by atoms with Gasteiger partial charge in [-0.1, -0.05) is 12.1 Å². The Bertz CT molecular complexity index is 1410. The number of rotatable bonds is 5. The van der Waals surface area contributed by atoms with Gasteiger partial charge < -0.3 is 9.30 Å². The van der Waals surface area contributed by atoms with Crippen LogP contribution in [0, 0.1) is 5.92 Å². The molecule has 5 rings (SSSR count). The highest BCUT2D eigenvalue weighted by Crippen LogP contribution is 2.36. The van der Waals surface area contributed by atoms with Crippen molar-refractivity contribution in [1.29, 1.82) is 0 Å². The summed E-state index contributed by atoms with van der Waals surface area (Å²) in [6.45, 7) is 1.09. The third kappa shape index (κ3) is 3.54. The molecule has 0 saturated carbocycles. The van der Waals surface area contributed by atoms with Gasteiger partial charge in [-0.25, -0.2) is 4.79 Å². The molecule has 0 bridgehead atoms. The fourth-order valence-electron chi connectivity index (χ4n) is 4.21. The number of hydrogen-bond acceptors (Lipinski definition) is 5. The van der Waals surface area contributed by atoms with E-state index < -0.39 is 17.4 Å². The number of ether oxygens (including phenoxy) is 1. The number of aldehydes is 1. The van der Waals surface area contributed by atoms with Crippen molar-refractivity contribution in [3.63, 3.8) is 0 Å². The number of alkyl halides is 3. The van der Waals surface area contributed by atoms with Gasteiger partial charge in [0.2, 0.25) is 0 Å². The number of halogens is 3. The van der Waals surface area contributed by atoms with Crippen LogP contribution in [0.5, 0.6) is 0 Å². The van der Waals surface area contributed by atoms with Crippen LogP contribution in [-0.2, 0) is 18.0 Å². The van der Waals surface area contributed by atoms with Gasteiger partial charge in [-0.2, -0.15) is 13.2 Å². The van der Waals surface area contributed by atoms with E-state index in [1.807, 2.05) is 17.7 Å². The maximum absolute atomic E-state index is 13.6. The zero-order valence-corrected chi connectivity index (χ0v) is 17.4. The molecular formula is C22H18F3N5O3. The number of benzene rings is 1. The minimum atomic E-state index is -4.73. The van der Waals surface area contributed by atoms with Crippen LogP contribution in [0.3, 0.4) is 0 Å². The number of carbonyl (C=O) groups is 1. The van der Waals surface area contributed by atoms with Crippen molar-refractivity contribution < 1.29 is 22.7 Å². The molecule has 0 radical (unpaired) electrons. The van der Waals surface area contributed by atoms with Crippen LogP contribution in [0.25, 0.3) is 11.2 Å². The van der Waals surface area contributed by atoms with Gasteiger partial charge in [-0.15, -0.1) is 10.2 Å². The van der Waals surface area contributed by atoms with Crippen LogP contribution in [0.4, 0.5) is 13.2 Å². The lowest BCUT2D eigenvalue weighted by molar-refractivity contribution is -0.136. The first-order valence-electron chi connectivity index (χ1n) is 10.1. The van der Waals surface area contributed by atoms with Crippen LogP contribution in [0.2, 0.25) is 0 Å². The topological polar surface area (TPSA) is 83.4 Å². The number of imidazole rings is 1. The zero-order valence-electron chi connectivity index (χ0n) is 17.4. The Balaban J connectivity index is 1.67. The number of aryl methyl sites for hydroxylation is 1. The fraction of sp³-hybridized carbons (Fsp3) is 0.273. The Kier molecular flexibility index (Phi) is 4.93. The second-order valence-corrected chi connectivity index (χ2v) is 8.01. The lowest BCUT2D eigenvalue weighted by atomic mass is 9.84. The fourth-order valence-corrected chi connectivity index (χ4v) is 4.21. The number of hydrogen-bond donors (Lipinski definition) is 0. The lowest BCUT2D eigenvalue weighted by Crippen LogP contribution is -2.35. The SMILES string of the molecule is Cn1cnnc1[C@@H](c1cccc(-n2cc3c(C(F)(F)F)cc(C=O)cn3c2=O)c1)C1COC1. The van der Waals surface area contributed by atoms with E-state index in [-0.39, 0.29) is 29.2 Å².